The van der Waals surface area contributed by atoms with Crippen LogP contribution in [0, 0.1) is 11.6 Å². The maximum Gasteiger partial charge on any atom is 0.267 e. The largest absolute Gasteiger partial charge is 0.467 e. The minimum atomic E-state index is -0.348. The molecule has 0 N–H and O–H groups in total. The van der Waals surface area contributed by atoms with Gasteiger partial charge in [-0.2, -0.15) is 5.10 Å². The molecule has 0 bridgehead atoms. The van der Waals surface area contributed by atoms with E-state index in [2.05, 4.69) is 10.2 Å². The van der Waals surface area contributed by atoms with Gasteiger partial charge in [0.1, 0.15) is 17.4 Å². The van der Waals surface area contributed by atoms with Gasteiger partial charge in [-0.3, -0.25) is 9.69 Å². The van der Waals surface area contributed by atoms with Crippen molar-refractivity contribution in [3.8, 4) is 0 Å². The van der Waals surface area contributed by atoms with E-state index in [1.807, 2.05) is 0 Å². The molecule has 0 aliphatic carbocycles. The van der Waals surface area contributed by atoms with Gasteiger partial charge in [0.15, 0.2) is 5.17 Å². The van der Waals surface area contributed by atoms with Crippen LogP contribution in [0.4, 0.5) is 8.78 Å². The number of hydrogen-bond donors (Lipinski definition) is 0. The smallest absolute Gasteiger partial charge is 0.267 e. The molecule has 0 spiro atoms. The number of carbonyl (C=O) groups is 1. The highest BCUT2D eigenvalue weighted by Gasteiger charge is 2.34. The van der Waals surface area contributed by atoms with Crippen molar-refractivity contribution in [1.82, 2.24) is 4.90 Å². The second-order valence-corrected chi connectivity index (χ2v) is 7.32. The molecular weight excluding hydrogens is 408 g/mol. The van der Waals surface area contributed by atoms with Gasteiger partial charge in [0.25, 0.3) is 5.91 Å². The van der Waals surface area contributed by atoms with Gasteiger partial charge in [0, 0.05) is 0 Å². The molecule has 150 valence electrons. The van der Waals surface area contributed by atoms with Crippen LogP contribution in [0.25, 0.3) is 6.08 Å². The lowest BCUT2D eigenvalue weighted by Crippen LogP contribution is -2.28. The maximum absolute atomic E-state index is 13.1. The molecule has 0 atom stereocenters. The molecule has 1 aliphatic rings. The third-order valence-corrected chi connectivity index (χ3v) is 5.17. The number of carbonyl (C=O) groups excluding carboxylic acids is 1. The standard InChI is InChI=1S/C22H15F2N3O2S/c23-17-7-3-15(4-8-17)12-20-21(28)27(14-19-2-1-11-29-19)22(30-20)26-25-13-16-5-9-18(24)10-6-16/h1-13H,14H2/b20-12-,25-13-,26-22+. The zero-order chi connectivity index (χ0) is 20.9. The number of hydrogen-bond acceptors (Lipinski definition) is 5. The summed E-state index contributed by atoms with van der Waals surface area (Å²) in [5.41, 5.74) is 1.37. The average Bonchev–Trinajstić information content (AvgIpc) is 3.35. The molecule has 1 fully saturated rings. The van der Waals surface area contributed by atoms with E-state index < -0.39 is 0 Å². The van der Waals surface area contributed by atoms with Crippen molar-refractivity contribution >= 4 is 35.1 Å². The number of halogens is 2. The molecule has 0 saturated carbocycles. The number of amidine groups is 1. The summed E-state index contributed by atoms with van der Waals surface area (Å²) in [5, 5.41) is 8.59. The summed E-state index contributed by atoms with van der Waals surface area (Å²) in [6.45, 7) is 0.199. The predicted molar refractivity (Wildman–Crippen MR) is 113 cm³/mol. The maximum atomic E-state index is 13.1. The molecule has 2 heterocycles. The van der Waals surface area contributed by atoms with Crippen molar-refractivity contribution in [3.63, 3.8) is 0 Å². The van der Waals surface area contributed by atoms with Crippen molar-refractivity contribution < 1.29 is 18.0 Å². The molecule has 1 aromatic heterocycles. The Morgan fingerprint density at radius 3 is 2.27 bits per heavy atom. The molecule has 4 rings (SSSR count). The summed E-state index contributed by atoms with van der Waals surface area (Å²) in [7, 11) is 0. The van der Waals surface area contributed by atoms with Gasteiger partial charge >= 0.3 is 0 Å². The van der Waals surface area contributed by atoms with Gasteiger partial charge in [-0.25, -0.2) is 8.78 Å². The number of amides is 1. The van der Waals surface area contributed by atoms with Crippen molar-refractivity contribution in [2.45, 2.75) is 6.54 Å². The minimum Gasteiger partial charge on any atom is -0.467 e. The molecular formula is C22H15F2N3O2S. The highest BCUT2D eigenvalue weighted by atomic mass is 32.2. The second-order valence-electron chi connectivity index (χ2n) is 6.31. The van der Waals surface area contributed by atoms with E-state index in [-0.39, 0.29) is 24.1 Å². The molecule has 5 nitrogen and oxygen atoms in total. The second kappa shape index (κ2) is 8.87. The molecule has 1 saturated heterocycles. The number of benzene rings is 2. The van der Waals surface area contributed by atoms with Gasteiger partial charge in [0.05, 0.1) is 23.9 Å². The molecule has 0 unspecified atom stereocenters. The third kappa shape index (κ3) is 4.72. The van der Waals surface area contributed by atoms with Crippen molar-refractivity contribution in [2.24, 2.45) is 10.2 Å². The van der Waals surface area contributed by atoms with E-state index in [0.29, 0.717) is 27.0 Å². The molecule has 2 aromatic carbocycles. The lowest BCUT2D eigenvalue weighted by atomic mass is 10.2. The highest BCUT2D eigenvalue weighted by Crippen LogP contribution is 2.33. The summed E-state index contributed by atoms with van der Waals surface area (Å²) >= 11 is 1.16. The summed E-state index contributed by atoms with van der Waals surface area (Å²) < 4.78 is 31.5. The lowest BCUT2D eigenvalue weighted by molar-refractivity contribution is -0.122. The Bertz CT molecular complexity index is 1120. The summed E-state index contributed by atoms with van der Waals surface area (Å²) in [4.78, 5) is 14.8. The Morgan fingerprint density at radius 1 is 0.967 bits per heavy atom. The van der Waals surface area contributed by atoms with Crippen LogP contribution in [0.5, 0.6) is 0 Å². The van der Waals surface area contributed by atoms with Crippen LogP contribution in [0.1, 0.15) is 16.9 Å². The van der Waals surface area contributed by atoms with Crippen molar-refractivity contribution in [3.05, 3.63) is 100 Å². The van der Waals surface area contributed by atoms with E-state index in [0.717, 1.165) is 11.8 Å². The topological polar surface area (TPSA) is 58.2 Å². The molecule has 1 aliphatic heterocycles. The fourth-order valence-electron chi connectivity index (χ4n) is 2.68. The number of furan rings is 1. The number of rotatable bonds is 5. The number of nitrogens with zero attached hydrogens (tertiary/aromatic N) is 3. The first-order valence-corrected chi connectivity index (χ1v) is 9.76. The SMILES string of the molecule is O=C1/C(=C/c2ccc(F)cc2)S/C(=N/N=C\c2ccc(F)cc2)N1Cc1ccco1. The van der Waals surface area contributed by atoms with Gasteiger partial charge < -0.3 is 4.42 Å². The highest BCUT2D eigenvalue weighted by molar-refractivity contribution is 8.18. The summed E-state index contributed by atoms with van der Waals surface area (Å²) in [6.07, 6.45) is 4.68. The first kappa shape index (κ1) is 19.8. The van der Waals surface area contributed by atoms with Crippen LogP contribution in [0.2, 0.25) is 0 Å². The van der Waals surface area contributed by atoms with Crippen molar-refractivity contribution in [2.75, 3.05) is 0 Å². The summed E-state index contributed by atoms with van der Waals surface area (Å²) in [5.74, 6) is -0.339. The lowest BCUT2D eigenvalue weighted by Gasteiger charge is -2.12. The first-order valence-electron chi connectivity index (χ1n) is 8.94. The Balaban J connectivity index is 1.60. The van der Waals surface area contributed by atoms with Gasteiger partial charge in [-0.1, -0.05) is 24.3 Å². The van der Waals surface area contributed by atoms with Crippen LogP contribution < -0.4 is 0 Å². The molecule has 1 amide bonds. The van der Waals surface area contributed by atoms with E-state index in [1.165, 1.54) is 41.6 Å². The van der Waals surface area contributed by atoms with E-state index in [9.17, 15) is 13.6 Å². The minimum absolute atomic E-state index is 0.199. The van der Waals surface area contributed by atoms with Crippen molar-refractivity contribution in [1.29, 1.82) is 0 Å². The third-order valence-electron chi connectivity index (χ3n) is 4.17. The Labute approximate surface area is 175 Å². The predicted octanol–water partition coefficient (Wildman–Crippen LogP) is 5.06. The monoisotopic (exact) mass is 423 g/mol. The number of thioether (sulfide) groups is 1. The van der Waals surface area contributed by atoms with E-state index in [4.69, 9.17) is 4.42 Å². The average molecular weight is 423 g/mol. The quantitative estimate of drug-likeness (QED) is 0.327. The first-order chi connectivity index (χ1) is 14.6. The van der Waals surface area contributed by atoms with E-state index >= 15 is 0 Å². The normalized spacial score (nSPS) is 17.0. The fourth-order valence-corrected chi connectivity index (χ4v) is 3.62. The summed E-state index contributed by atoms with van der Waals surface area (Å²) in [6, 6.07) is 15.2. The van der Waals surface area contributed by atoms with E-state index in [1.54, 1.807) is 42.5 Å². The Morgan fingerprint density at radius 2 is 1.63 bits per heavy atom. The molecule has 3 aromatic rings. The van der Waals surface area contributed by atoms with Crippen LogP contribution in [-0.4, -0.2) is 22.2 Å². The fraction of sp³-hybridized carbons (Fsp3) is 0.0455. The van der Waals surface area contributed by atoms with Gasteiger partial charge in [-0.15, -0.1) is 5.10 Å². The molecule has 30 heavy (non-hydrogen) atoms. The van der Waals surface area contributed by atoms with Crippen LogP contribution in [-0.2, 0) is 11.3 Å². The zero-order valence-corrected chi connectivity index (χ0v) is 16.4. The van der Waals surface area contributed by atoms with Crippen LogP contribution >= 0.6 is 11.8 Å². The van der Waals surface area contributed by atoms with Gasteiger partial charge in [-0.05, 0) is 65.4 Å². The Kier molecular flexibility index (Phi) is 5.85. The van der Waals surface area contributed by atoms with Crippen LogP contribution in [0.3, 0.4) is 0 Å². The Hall–Kier alpha value is -3.52. The molecule has 8 heteroatoms. The molecule has 0 radical (unpaired) electrons. The van der Waals surface area contributed by atoms with Gasteiger partial charge in [0.2, 0.25) is 0 Å². The zero-order valence-electron chi connectivity index (χ0n) is 15.5. The van der Waals surface area contributed by atoms with Crippen LogP contribution in [0.15, 0.2) is 86.5 Å².